The van der Waals surface area contributed by atoms with Crippen LogP contribution >= 0.6 is 11.6 Å². The fraction of sp³-hybridized carbons (Fsp3) is 0.429. The molecule has 30 heavy (non-hydrogen) atoms. The van der Waals surface area contributed by atoms with Crippen LogP contribution in [0.1, 0.15) is 31.2 Å². The third-order valence-corrected chi connectivity index (χ3v) is 7.41. The van der Waals surface area contributed by atoms with Crippen LogP contribution in [-0.4, -0.2) is 44.2 Å². The van der Waals surface area contributed by atoms with E-state index in [4.69, 9.17) is 16.8 Å². The minimum absolute atomic E-state index is 0.0631. The molecule has 0 bridgehead atoms. The van der Waals surface area contributed by atoms with E-state index in [1.165, 1.54) is 29.8 Å². The number of nitrogens with one attached hydrogen (secondary N) is 2. The molecule has 3 atom stereocenters. The van der Waals surface area contributed by atoms with Crippen molar-refractivity contribution in [1.82, 2.24) is 9.62 Å². The van der Waals surface area contributed by atoms with E-state index in [9.17, 15) is 13.6 Å². The van der Waals surface area contributed by atoms with Gasteiger partial charge in [-0.25, -0.2) is 18.3 Å². The topological polar surface area (TPSA) is 97.1 Å². The average Bonchev–Trinajstić information content (AvgIpc) is 3.17. The SMILES string of the molecule is CN(CCCc1ccc(Cl)cc1)C1CCCC1NS(=O)(=O)c1ccc([NH+]([O-])O)cc1. The van der Waals surface area contributed by atoms with Gasteiger partial charge in [-0.2, -0.15) is 5.23 Å². The van der Waals surface area contributed by atoms with Crippen molar-refractivity contribution in [3.63, 3.8) is 0 Å². The lowest BCUT2D eigenvalue weighted by atomic mass is 10.1. The summed E-state index contributed by atoms with van der Waals surface area (Å²) in [5, 5.41) is 19.6. The van der Waals surface area contributed by atoms with Crippen molar-refractivity contribution in [3.8, 4) is 0 Å². The Hall–Kier alpha value is -1.52. The van der Waals surface area contributed by atoms with Crippen LogP contribution in [0.4, 0.5) is 5.69 Å². The number of hydrogen-bond donors (Lipinski definition) is 3. The molecule has 1 aliphatic rings. The van der Waals surface area contributed by atoms with Gasteiger partial charge < -0.3 is 10.1 Å². The number of hydrogen-bond acceptors (Lipinski definition) is 5. The van der Waals surface area contributed by atoms with Gasteiger partial charge in [0.05, 0.1) is 4.90 Å². The molecular formula is C21H28ClN3O4S. The maximum absolute atomic E-state index is 12.8. The van der Waals surface area contributed by atoms with Crippen molar-refractivity contribution in [3.05, 3.63) is 64.3 Å². The van der Waals surface area contributed by atoms with Gasteiger partial charge in [-0.15, -0.1) is 0 Å². The first kappa shape index (κ1) is 23.1. The highest BCUT2D eigenvalue weighted by Gasteiger charge is 2.33. The standard InChI is InChI=1S/C21H28ClN3O4S/c1-24(15-3-4-16-7-9-17(22)10-8-16)21-6-2-5-20(21)23-30(28,29)19-13-11-18(12-14-19)25(26)27/h7-14,20-21,23,25-26H,2-6,15H2,1H3. The lowest BCUT2D eigenvalue weighted by molar-refractivity contribution is -0.991. The van der Waals surface area contributed by atoms with E-state index >= 15 is 0 Å². The van der Waals surface area contributed by atoms with E-state index in [-0.39, 0.29) is 22.7 Å². The van der Waals surface area contributed by atoms with Crippen molar-refractivity contribution in [2.45, 2.75) is 49.1 Å². The van der Waals surface area contributed by atoms with Crippen LogP contribution in [0.15, 0.2) is 53.4 Å². The number of likely N-dealkylation sites (N-methyl/N-ethyl adjacent to an activating group) is 1. The first-order valence-corrected chi connectivity index (χ1v) is 11.9. The monoisotopic (exact) mass is 453 g/mol. The molecular weight excluding hydrogens is 426 g/mol. The molecule has 0 amide bonds. The smallest absolute Gasteiger partial charge is 0.240 e. The number of nitrogens with zero attached hydrogens (tertiary/aromatic N) is 1. The summed E-state index contributed by atoms with van der Waals surface area (Å²) in [7, 11) is -1.66. The van der Waals surface area contributed by atoms with Crippen LogP contribution in [-0.2, 0) is 16.4 Å². The Bertz CT molecular complexity index is 920. The highest BCUT2D eigenvalue weighted by molar-refractivity contribution is 7.89. The molecule has 0 aliphatic heterocycles. The largest absolute Gasteiger partial charge is 0.595 e. The van der Waals surface area contributed by atoms with Crippen LogP contribution in [0.25, 0.3) is 0 Å². The lowest BCUT2D eigenvalue weighted by Crippen LogP contribution is -2.99. The highest BCUT2D eigenvalue weighted by atomic mass is 35.5. The molecule has 2 aromatic rings. The van der Waals surface area contributed by atoms with Gasteiger partial charge in [0.1, 0.15) is 0 Å². The third-order valence-electron chi connectivity index (χ3n) is 5.65. The number of aryl methyl sites for hydroxylation is 1. The van der Waals surface area contributed by atoms with E-state index in [2.05, 4.69) is 9.62 Å². The van der Waals surface area contributed by atoms with Crippen molar-refractivity contribution >= 4 is 27.3 Å². The van der Waals surface area contributed by atoms with Crippen LogP contribution in [0.2, 0.25) is 5.02 Å². The summed E-state index contributed by atoms with van der Waals surface area (Å²) in [6.45, 7) is 0.874. The highest BCUT2D eigenvalue weighted by Crippen LogP contribution is 2.26. The van der Waals surface area contributed by atoms with Crippen LogP contribution < -0.4 is 9.95 Å². The minimum Gasteiger partial charge on any atom is -0.595 e. The summed E-state index contributed by atoms with van der Waals surface area (Å²) in [4.78, 5) is 2.33. The molecule has 0 spiro atoms. The van der Waals surface area contributed by atoms with Gasteiger partial charge in [0, 0.05) is 29.2 Å². The molecule has 1 saturated carbocycles. The van der Waals surface area contributed by atoms with Crippen LogP contribution in [0.5, 0.6) is 0 Å². The number of halogens is 1. The second kappa shape index (κ2) is 10.2. The van der Waals surface area contributed by atoms with Gasteiger partial charge in [0.2, 0.25) is 10.0 Å². The summed E-state index contributed by atoms with van der Waals surface area (Å²) in [6, 6.07) is 13.1. The zero-order chi connectivity index (χ0) is 21.7. The molecule has 3 rings (SSSR count). The Labute approximate surface area is 182 Å². The van der Waals surface area contributed by atoms with Gasteiger partial charge in [-0.05, 0) is 69.1 Å². The Morgan fingerprint density at radius 1 is 1.17 bits per heavy atom. The number of rotatable bonds is 9. The Balaban J connectivity index is 1.56. The molecule has 3 unspecified atom stereocenters. The van der Waals surface area contributed by atoms with E-state index < -0.39 is 15.2 Å². The predicted octanol–water partition coefficient (Wildman–Crippen LogP) is 2.51. The Kier molecular flexibility index (Phi) is 7.86. The molecule has 0 heterocycles. The molecule has 0 radical (unpaired) electrons. The third kappa shape index (κ3) is 6.01. The predicted molar refractivity (Wildman–Crippen MR) is 116 cm³/mol. The fourth-order valence-corrected chi connectivity index (χ4v) is 5.43. The minimum atomic E-state index is -3.70. The summed E-state index contributed by atoms with van der Waals surface area (Å²) < 4.78 is 28.4. The Morgan fingerprint density at radius 2 is 1.83 bits per heavy atom. The number of benzene rings is 2. The van der Waals surface area contributed by atoms with E-state index in [1.807, 2.05) is 31.3 Å². The molecule has 1 aliphatic carbocycles. The normalized spacial score (nSPS) is 20.6. The van der Waals surface area contributed by atoms with Crippen LogP contribution in [0, 0.1) is 5.21 Å². The second-order valence-electron chi connectivity index (χ2n) is 7.77. The fourth-order valence-electron chi connectivity index (χ4n) is 4.00. The maximum Gasteiger partial charge on any atom is 0.240 e. The molecule has 0 saturated heterocycles. The zero-order valence-corrected chi connectivity index (χ0v) is 18.5. The molecule has 1 fully saturated rings. The lowest BCUT2D eigenvalue weighted by Gasteiger charge is -2.30. The number of sulfonamides is 1. The van der Waals surface area contributed by atoms with Crippen molar-refractivity contribution < 1.29 is 18.9 Å². The number of quaternary nitrogens is 1. The maximum atomic E-state index is 12.8. The second-order valence-corrected chi connectivity index (χ2v) is 9.92. The molecule has 164 valence electrons. The summed E-state index contributed by atoms with van der Waals surface area (Å²) >= 11 is 5.93. The van der Waals surface area contributed by atoms with Gasteiger partial charge in [-0.1, -0.05) is 30.2 Å². The van der Waals surface area contributed by atoms with Gasteiger partial charge >= 0.3 is 0 Å². The first-order chi connectivity index (χ1) is 14.3. The molecule has 9 heteroatoms. The van der Waals surface area contributed by atoms with Crippen LogP contribution in [0.3, 0.4) is 0 Å². The van der Waals surface area contributed by atoms with Gasteiger partial charge in [0.15, 0.2) is 5.69 Å². The molecule has 7 nitrogen and oxygen atoms in total. The molecule has 0 aromatic heterocycles. The van der Waals surface area contributed by atoms with E-state index in [0.717, 1.165) is 43.7 Å². The van der Waals surface area contributed by atoms with Gasteiger partial charge in [0.25, 0.3) is 0 Å². The average molecular weight is 454 g/mol. The van der Waals surface area contributed by atoms with E-state index in [1.54, 1.807) is 0 Å². The summed E-state index contributed by atoms with van der Waals surface area (Å²) in [5.74, 6) is 0. The molecule has 2 aromatic carbocycles. The van der Waals surface area contributed by atoms with Crippen molar-refractivity contribution in [2.24, 2.45) is 0 Å². The quantitative estimate of drug-likeness (QED) is 0.507. The summed E-state index contributed by atoms with van der Waals surface area (Å²) in [6.07, 6.45) is 4.63. The zero-order valence-electron chi connectivity index (χ0n) is 16.9. The Morgan fingerprint density at radius 3 is 2.47 bits per heavy atom. The van der Waals surface area contributed by atoms with Gasteiger partial charge in [-0.3, -0.25) is 0 Å². The van der Waals surface area contributed by atoms with E-state index in [0.29, 0.717) is 0 Å². The molecule has 3 N–H and O–H groups in total. The summed E-state index contributed by atoms with van der Waals surface area (Å²) in [5.41, 5.74) is 1.30. The first-order valence-electron chi connectivity index (χ1n) is 10.1. The van der Waals surface area contributed by atoms with Crippen molar-refractivity contribution in [1.29, 1.82) is 0 Å². The van der Waals surface area contributed by atoms with Crippen molar-refractivity contribution in [2.75, 3.05) is 13.6 Å².